The molecule has 0 spiro atoms. The average Bonchev–Trinajstić information content (AvgIpc) is 2.99. The lowest BCUT2D eigenvalue weighted by Crippen LogP contribution is -2.61. The lowest BCUT2D eigenvalue weighted by molar-refractivity contribution is -0.125. The molecule has 0 bridgehead atoms. The number of para-hydroxylation sites is 1. The van der Waals surface area contributed by atoms with E-state index in [0.717, 1.165) is 19.7 Å². The molecular weight excluding hydrogens is 548 g/mol. The highest BCUT2D eigenvalue weighted by Crippen LogP contribution is 2.29. The maximum atomic E-state index is 13.9. The molecule has 206 valence electrons. The third-order valence-electron chi connectivity index (χ3n) is 6.80. The number of hydrogen-bond acceptors (Lipinski definition) is 6. The van der Waals surface area contributed by atoms with Crippen LogP contribution < -0.4 is 5.32 Å². The van der Waals surface area contributed by atoms with Crippen molar-refractivity contribution in [2.45, 2.75) is 15.8 Å². The molecule has 1 aromatic heterocycles. The fourth-order valence-electron chi connectivity index (χ4n) is 4.76. The van der Waals surface area contributed by atoms with Crippen LogP contribution in [0.5, 0.6) is 0 Å². The van der Waals surface area contributed by atoms with Crippen molar-refractivity contribution >= 4 is 36.9 Å². The Balaban J connectivity index is 1.46. The molecule has 9 nitrogen and oxygen atoms in total. The van der Waals surface area contributed by atoms with Crippen LogP contribution in [0, 0.1) is 0 Å². The number of rotatable bonds is 8. The summed E-state index contributed by atoms with van der Waals surface area (Å²) in [4.78, 5) is 17.5. The van der Waals surface area contributed by atoms with Gasteiger partial charge in [0.1, 0.15) is 10.9 Å². The summed E-state index contributed by atoms with van der Waals surface area (Å²) in [5.74, 6) is -0.615. The second-order valence-corrected chi connectivity index (χ2v) is 13.0. The monoisotopic (exact) mass is 576 g/mol. The zero-order valence-corrected chi connectivity index (χ0v) is 23.2. The molecule has 11 heteroatoms. The molecule has 1 atom stereocenters. The number of aromatic nitrogens is 1. The molecule has 3 aromatic carbocycles. The first-order chi connectivity index (χ1) is 19.2. The van der Waals surface area contributed by atoms with Gasteiger partial charge in [-0.15, -0.1) is 6.58 Å². The van der Waals surface area contributed by atoms with E-state index in [4.69, 9.17) is 0 Å². The number of carbonyl (C=O) groups is 1. The Kier molecular flexibility index (Phi) is 7.81. The lowest BCUT2D eigenvalue weighted by atomic mass is 10.1. The van der Waals surface area contributed by atoms with Crippen LogP contribution in [0.25, 0.3) is 22.0 Å². The maximum absolute atomic E-state index is 13.9. The Morgan fingerprint density at radius 2 is 1.57 bits per heavy atom. The number of amides is 1. The van der Waals surface area contributed by atoms with Gasteiger partial charge in [0.05, 0.1) is 10.4 Å². The summed E-state index contributed by atoms with van der Waals surface area (Å²) in [5.41, 5.74) is 2.09. The van der Waals surface area contributed by atoms with E-state index in [2.05, 4.69) is 16.9 Å². The van der Waals surface area contributed by atoms with Gasteiger partial charge in [-0.3, -0.25) is 9.78 Å². The molecule has 0 radical (unpaired) electrons. The highest BCUT2D eigenvalue weighted by Gasteiger charge is 2.43. The smallest absolute Gasteiger partial charge is 0.246 e. The van der Waals surface area contributed by atoms with E-state index < -0.39 is 32.0 Å². The molecule has 40 heavy (non-hydrogen) atoms. The van der Waals surface area contributed by atoms with Crippen molar-refractivity contribution < 1.29 is 21.6 Å². The van der Waals surface area contributed by atoms with E-state index in [1.54, 1.807) is 36.4 Å². The molecule has 1 N–H and O–H groups in total. The molecule has 0 aliphatic carbocycles. The summed E-state index contributed by atoms with van der Waals surface area (Å²) in [7, 11) is -8.23. The highest BCUT2D eigenvalue weighted by molar-refractivity contribution is 7.89. The first kappa shape index (κ1) is 27.7. The summed E-state index contributed by atoms with van der Waals surface area (Å²) in [6, 6.07) is 23.1. The van der Waals surface area contributed by atoms with Crippen molar-refractivity contribution in [3.05, 3.63) is 104 Å². The first-order valence-electron chi connectivity index (χ1n) is 12.6. The van der Waals surface area contributed by atoms with Crippen molar-refractivity contribution in [2.24, 2.45) is 0 Å². The van der Waals surface area contributed by atoms with Gasteiger partial charge in [0, 0.05) is 37.8 Å². The van der Waals surface area contributed by atoms with Gasteiger partial charge in [-0.05, 0) is 35.4 Å². The van der Waals surface area contributed by atoms with Crippen molar-refractivity contribution in [2.75, 3.05) is 26.2 Å². The highest BCUT2D eigenvalue weighted by atomic mass is 32.2. The van der Waals surface area contributed by atoms with Crippen LogP contribution in [-0.2, 0) is 24.8 Å². The minimum Gasteiger partial charge on any atom is -0.351 e. The van der Waals surface area contributed by atoms with Crippen molar-refractivity contribution in [3.63, 3.8) is 0 Å². The average molecular weight is 577 g/mol. The number of benzene rings is 3. The Bertz CT molecular complexity index is 1750. The van der Waals surface area contributed by atoms with Gasteiger partial charge >= 0.3 is 0 Å². The molecule has 1 saturated heterocycles. The number of nitrogens with zero attached hydrogens (tertiary/aromatic N) is 3. The van der Waals surface area contributed by atoms with Gasteiger partial charge in [0.15, 0.2) is 0 Å². The van der Waals surface area contributed by atoms with Gasteiger partial charge in [-0.1, -0.05) is 66.7 Å². The SMILES string of the molecule is C=CCNC(=O)C1CN(S(=O)(=O)c2ccc(-c3ccccc3)cc2)CCN1S(=O)(=O)c1cccc2cccnc12. The van der Waals surface area contributed by atoms with Crippen molar-refractivity contribution in [1.29, 1.82) is 0 Å². The van der Waals surface area contributed by atoms with Gasteiger partial charge < -0.3 is 5.32 Å². The van der Waals surface area contributed by atoms with Gasteiger partial charge in [-0.2, -0.15) is 8.61 Å². The topological polar surface area (TPSA) is 117 Å². The number of hydrogen-bond donors (Lipinski definition) is 1. The lowest BCUT2D eigenvalue weighted by Gasteiger charge is -2.39. The Morgan fingerprint density at radius 3 is 2.30 bits per heavy atom. The molecule has 1 unspecified atom stereocenters. The number of carbonyl (C=O) groups excluding carboxylic acids is 1. The molecule has 1 aliphatic rings. The van der Waals surface area contributed by atoms with Crippen LogP contribution in [-0.4, -0.2) is 68.6 Å². The summed E-state index contributed by atoms with van der Waals surface area (Å²) in [6.45, 7) is 3.02. The quantitative estimate of drug-likeness (QED) is 0.322. The minimum atomic E-state index is -4.21. The first-order valence-corrected chi connectivity index (χ1v) is 15.5. The second-order valence-electron chi connectivity index (χ2n) is 9.25. The molecule has 1 amide bonds. The molecule has 1 aliphatic heterocycles. The predicted molar refractivity (Wildman–Crippen MR) is 153 cm³/mol. The molecule has 4 aromatic rings. The fraction of sp³-hybridized carbons (Fsp3) is 0.172. The zero-order valence-electron chi connectivity index (χ0n) is 21.5. The van der Waals surface area contributed by atoms with Gasteiger partial charge in [0.2, 0.25) is 26.0 Å². The van der Waals surface area contributed by atoms with Gasteiger partial charge in [0.25, 0.3) is 0 Å². The Morgan fingerprint density at radius 1 is 0.875 bits per heavy atom. The summed E-state index contributed by atoms with van der Waals surface area (Å²) in [6.07, 6.45) is 2.97. The second kappa shape index (κ2) is 11.3. The van der Waals surface area contributed by atoms with Crippen LogP contribution in [0.2, 0.25) is 0 Å². The standard InChI is InChI=1S/C29H28N4O5S2/c1-2-17-31-29(34)26-21-32(39(35,36)25-15-13-23(14-16-25)22-8-4-3-5-9-22)19-20-33(26)40(37,38)27-12-6-10-24-11-7-18-30-28(24)27/h2-16,18,26H,1,17,19-21H2,(H,31,34). The minimum absolute atomic E-state index is 0.0417. The van der Waals surface area contributed by atoms with Crippen LogP contribution >= 0.6 is 0 Å². The molecule has 2 heterocycles. The molecule has 1 fully saturated rings. The summed E-state index contributed by atoms with van der Waals surface area (Å²) in [5, 5.41) is 3.27. The third kappa shape index (κ3) is 5.28. The summed E-state index contributed by atoms with van der Waals surface area (Å²) >= 11 is 0. The fourth-order valence-corrected chi connectivity index (χ4v) is 7.94. The van der Waals surface area contributed by atoms with E-state index in [1.165, 1.54) is 30.5 Å². The van der Waals surface area contributed by atoms with Crippen LogP contribution in [0.3, 0.4) is 0 Å². The largest absolute Gasteiger partial charge is 0.351 e. The van der Waals surface area contributed by atoms with Gasteiger partial charge in [-0.25, -0.2) is 16.8 Å². The number of piperazine rings is 1. The van der Waals surface area contributed by atoms with E-state index in [1.807, 2.05) is 30.3 Å². The predicted octanol–water partition coefficient (Wildman–Crippen LogP) is 3.27. The summed E-state index contributed by atoms with van der Waals surface area (Å²) < 4.78 is 57.3. The van der Waals surface area contributed by atoms with Crippen LogP contribution in [0.4, 0.5) is 0 Å². The Labute approximate surface area is 233 Å². The number of sulfonamides is 2. The van der Waals surface area contributed by atoms with Crippen molar-refractivity contribution in [1.82, 2.24) is 18.9 Å². The molecule has 5 rings (SSSR count). The van der Waals surface area contributed by atoms with E-state index in [0.29, 0.717) is 5.39 Å². The van der Waals surface area contributed by atoms with E-state index in [-0.39, 0.29) is 41.5 Å². The number of pyridine rings is 1. The number of nitrogens with one attached hydrogen (secondary N) is 1. The normalized spacial score (nSPS) is 16.9. The van der Waals surface area contributed by atoms with Crippen LogP contribution in [0.1, 0.15) is 0 Å². The molecule has 0 saturated carbocycles. The van der Waals surface area contributed by atoms with E-state index >= 15 is 0 Å². The number of fused-ring (bicyclic) bond motifs is 1. The molecular formula is C29H28N4O5S2. The third-order valence-corrected chi connectivity index (χ3v) is 10.6. The Hall–Kier alpha value is -3.90. The zero-order chi connectivity index (χ0) is 28.3. The van der Waals surface area contributed by atoms with Crippen LogP contribution in [0.15, 0.2) is 114 Å². The van der Waals surface area contributed by atoms with E-state index in [9.17, 15) is 21.6 Å². The maximum Gasteiger partial charge on any atom is 0.246 e. The van der Waals surface area contributed by atoms with Crippen molar-refractivity contribution in [3.8, 4) is 11.1 Å².